The van der Waals surface area contributed by atoms with E-state index in [1.807, 2.05) is 14.1 Å². The van der Waals surface area contributed by atoms with Gasteiger partial charge < -0.3 is 10.2 Å². The molecule has 1 atom stereocenters. The van der Waals surface area contributed by atoms with E-state index < -0.39 is 11.8 Å². The fraction of sp³-hybridized carbons (Fsp3) is 0.318. The monoisotopic (exact) mass is 380 g/mol. The van der Waals surface area contributed by atoms with Crippen LogP contribution in [0.5, 0.6) is 0 Å². The Labute approximate surface area is 165 Å². The summed E-state index contributed by atoms with van der Waals surface area (Å²) >= 11 is 0. The molecule has 2 aromatic carbocycles. The Balaban J connectivity index is 1.62. The van der Waals surface area contributed by atoms with Crippen LogP contribution in [0.1, 0.15) is 44.8 Å². The molecule has 0 saturated carbocycles. The summed E-state index contributed by atoms with van der Waals surface area (Å²) in [6.07, 6.45) is 0.983. The van der Waals surface area contributed by atoms with Crippen LogP contribution in [-0.2, 0) is 11.2 Å². The van der Waals surface area contributed by atoms with Crippen molar-refractivity contribution in [2.24, 2.45) is 0 Å². The Morgan fingerprint density at radius 3 is 2.07 bits per heavy atom. The van der Waals surface area contributed by atoms with Crippen molar-refractivity contribution in [2.45, 2.75) is 19.4 Å². The minimum Gasteiger partial charge on any atom is -0.348 e. The molecule has 1 heterocycles. The predicted molar refractivity (Wildman–Crippen MR) is 106 cm³/mol. The van der Waals surface area contributed by atoms with Crippen molar-refractivity contribution in [1.29, 1.82) is 0 Å². The van der Waals surface area contributed by atoms with Crippen molar-refractivity contribution in [1.82, 2.24) is 10.2 Å². The first-order chi connectivity index (χ1) is 13.4. The van der Waals surface area contributed by atoms with Crippen LogP contribution in [-0.4, -0.2) is 49.8 Å². The maximum Gasteiger partial charge on any atom is 0.262 e. The number of aryl methyl sites for hydroxylation is 1. The molecule has 146 valence electrons. The normalized spacial score (nSPS) is 14.4. The number of carbonyl (C=O) groups is 3. The zero-order valence-electron chi connectivity index (χ0n) is 16.5. The van der Waals surface area contributed by atoms with Crippen LogP contribution < -0.4 is 10.2 Å². The van der Waals surface area contributed by atoms with E-state index in [2.05, 4.69) is 36.5 Å². The largest absolute Gasteiger partial charge is 0.348 e. The summed E-state index contributed by atoms with van der Waals surface area (Å²) < 4.78 is 0. The van der Waals surface area contributed by atoms with Gasteiger partial charge in [-0.15, -0.1) is 0 Å². The average Bonchev–Trinajstić information content (AvgIpc) is 2.93. The van der Waals surface area contributed by atoms with Gasteiger partial charge in [0.2, 0.25) is 5.91 Å². The number of hydrogen-bond donors (Lipinski definition) is 2. The second-order valence-electron chi connectivity index (χ2n) is 7.27. The molecule has 28 heavy (non-hydrogen) atoms. The zero-order chi connectivity index (χ0) is 20.3. The molecule has 3 amide bonds. The van der Waals surface area contributed by atoms with Crippen molar-refractivity contribution in [3.05, 3.63) is 70.8 Å². The summed E-state index contributed by atoms with van der Waals surface area (Å²) in [6, 6.07) is 15.1. The highest BCUT2D eigenvalue weighted by molar-refractivity contribution is 6.22. The summed E-state index contributed by atoms with van der Waals surface area (Å²) in [4.78, 5) is 39.4. The molecule has 2 aromatic rings. The van der Waals surface area contributed by atoms with Crippen LogP contribution >= 0.6 is 0 Å². The lowest BCUT2D eigenvalue weighted by Crippen LogP contribution is -3.07. The van der Waals surface area contributed by atoms with E-state index in [0.29, 0.717) is 17.7 Å². The lowest BCUT2D eigenvalue weighted by atomic mass is 10.0. The maximum absolute atomic E-state index is 12.4. The van der Waals surface area contributed by atoms with Crippen molar-refractivity contribution < 1.29 is 19.3 Å². The fourth-order valence-electron chi connectivity index (χ4n) is 3.44. The average molecular weight is 380 g/mol. The molecule has 0 bridgehead atoms. The van der Waals surface area contributed by atoms with E-state index in [4.69, 9.17) is 0 Å². The highest BCUT2D eigenvalue weighted by Crippen LogP contribution is 2.21. The summed E-state index contributed by atoms with van der Waals surface area (Å²) in [5, 5.41) is 2.88. The number of benzene rings is 2. The molecule has 0 spiro atoms. The van der Waals surface area contributed by atoms with E-state index in [1.54, 1.807) is 24.3 Å². The van der Waals surface area contributed by atoms with Crippen molar-refractivity contribution in [3.63, 3.8) is 0 Å². The number of amides is 3. The number of rotatable bonds is 7. The van der Waals surface area contributed by atoms with Crippen molar-refractivity contribution in [2.75, 3.05) is 27.2 Å². The number of nitrogens with zero attached hydrogens (tertiary/aromatic N) is 1. The Morgan fingerprint density at radius 1 is 1.00 bits per heavy atom. The van der Waals surface area contributed by atoms with Gasteiger partial charge in [0.15, 0.2) is 0 Å². The fourth-order valence-corrected chi connectivity index (χ4v) is 3.44. The molecule has 1 aliphatic rings. The number of hydrogen-bond acceptors (Lipinski definition) is 3. The quantitative estimate of drug-likeness (QED) is 0.700. The Morgan fingerprint density at radius 2 is 1.57 bits per heavy atom. The van der Waals surface area contributed by atoms with Gasteiger partial charge in [-0.05, 0) is 24.1 Å². The van der Waals surface area contributed by atoms with Crippen LogP contribution in [0.15, 0.2) is 48.5 Å². The van der Waals surface area contributed by atoms with E-state index in [9.17, 15) is 14.4 Å². The molecule has 0 saturated heterocycles. The molecule has 1 aliphatic heterocycles. The van der Waals surface area contributed by atoms with Crippen LogP contribution in [0.25, 0.3) is 0 Å². The molecule has 0 radical (unpaired) electrons. The summed E-state index contributed by atoms with van der Waals surface area (Å²) in [7, 11) is 4.07. The highest BCUT2D eigenvalue weighted by Gasteiger charge is 2.36. The summed E-state index contributed by atoms with van der Waals surface area (Å²) in [5.74, 6) is -1.17. The van der Waals surface area contributed by atoms with Crippen LogP contribution in [0.2, 0.25) is 0 Å². The third kappa shape index (κ3) is 3.97. The van der Waals surface area contributed by atoms with Gasteiger partial charge >= 0.3 is 0 Å². The van der Waals surface area contributed by atoms with Crippen molar-refractivity contribution >= 4 is 17.7 Å². The molecule has 0 aliphatic carbocycles. The molecule has 6 nitrogen and oxygen atoms in total. The van der Waals surface area contributed by atoms with Gasteiger partial charge in [-0.25, -0.2) is 0 Å². The summed E-state index contributed by atoms with van der Waals surface area (Å²) in [5.41, 5.74) is 3.11. The highest BCUT2D eigenvalue weighted by atomic mass is 16.2. The number of imide groups is 1. The van der Waals surface area contributed by atoms with E-state index in [1.165, 1.54) is 10.5 Å². The molecular formula is C22H26N3O3+. The third-order valence-electron chi connectivity index (χ3n) is 5.17. The van der Waals surface area contributed by atoms with Gasteiger partial charge in [0, 0.05) is 5.56 Å². The number of fused-ring (bicyclic) bond motifs is 1. The minimum absolute atomic E-state index is 0.0806. The van der Waals surface area contributed by atoms with Gasteiger partial charge in [-0.3, -0.25) is 19.3 Å². The standard InChI is InChI=1S/C22H25N3O3/c1-4-15-9-11-16(12-10-15)19(24(2)3)13-23-20(26)14-25-21(27)17-7-5-6-8-18(17)22(25)28/h5-12,19H,4,13-14H2,1-3H3,(H,23,26)/p+1/t19-/m1/s1. The first-order valence-corrected chi connectivity index (χ1v) is 9.53. The zero-order valence-corrected chi connectivity index (χ0v) is 16.5. The predicted octanol–water partition coefficient (Wildman–Crippen LogP) is 0.847. The molecule has 2 N–H and O–H groups in total. The first-order valence-electron chi connectivity index (χ1n) is 9.53. The van der Waals surface area contributed by atoms with Gasteiger partial charge in [0.05, 0.1) is 31.8 Å². The minimum atomic E-state index is -0.416. The Bertz CT molecular complexity index is 855. The van der Waals surface area contributed by atoms with Gasteiger partial charge in [-0.2, -0.15) is 0 Å². The van der Waals surface area contributed by atoms with Gasteiger partial charge in [0.1, 0.15) is 12.6 Å². The van der Waals surface area contributed by atoms with Crippen molar-refractivity contribution in [3.8, 4) is 0 Å². The topological polar surface area (TPSA) is 70.9 Å². The lowest BCUT2D eigenvalue weighted by molar-refractivity contribution is -0.890. The second-order valence-corrected chi connectivity index (χ2v) is 7.27. The third-order valence-corrected chi connectivity index (χ3v) is 5.17. The smallest absolute Gasteiger partial charge is 0.262 e. The van der Waals surface area contributed by atoms with Crippen LogP contribution in [0.3, 0.4) is 0 Å². The number of quaternary nitrogens is 1. The van der Waals surface area contributed by atoms with Crippen LogP contribution in [0.4, 0.5) is 0 Å². The number of carbonyl (C=O) groups excluding carboxylic acids is 3. The molecule has 6 heteroatoms. The number of nitrogens with one attached hydrogen (secondary N) is 2. The Kier molecular flexibility index (Phi) is 5.90. The summed E-state index contributed by atoms with van der Waals surface area (Å²) in [6.45, 7) is 2.27. The molecule has 0 fully saturated rings. The van der Waals surface area contributed by atoms with E-state index >= 15 is 0 Å². The number of likely N-dealkylation sites (N-methyl/N-ethyl adjacent to an activating group) is 1. The molecule has 0 aromatic heterocycles. The molecule has 0 unspecified atom stereocenters. The second kappa shape index (κ2) is 8.35. The van der Waals surface area contributed by atoms with E-state index in [-0.39, 0.29) is 18.5 Å². The Hall–Kier alpha value is -2.99. The van der Waals surface area contributed by atoms with Crippen LogP contribution in [0, 0.1) is 0 Å². The van der Waals surface area contributed by atoms with Gasteiger partial charge in [-0.1, -0.05) is 43.3 Å². The van der Waals surface area contributed by atoms with Gasteiger partial charge in [0.25, 0.3) is 11.8 Å². The lowest BCUT2D eigenvalue weighted by Gasteiger charge is -2.23. The first kappa shape index (κ1) is 19.8. The SMILES string of the molecule is CCc1ccc([C@@H](CNC(=O)CN2C(=O)c3ccccc3C2=O)[NH+](C)C)cc1. The molecule has 3 rings (SSSR count). The maximum atomic E-state index is 12.4. The van der Waals surface area contributed by atoms with E-state index in [0.717, 1.165) is 16.9 Å². The molecular weight excluding hydrogens is 354 g/mol.